The van der Waals surface area contributed by atoms with Crippen LogP contribution in [0, 0.1) is 6.92 Å². The molecule has 0 aliphatic heterocycles. The number of aromatic nitrogens is 3. The summed E-state index contributed by atoms with van der Waals surface area (Å²) in [6.07, 6.45) is 4.79. The Morgan fingerprint density at radius 1 is 1.10 bits per heavy atom. The number of ether oxygens (including phenoxy) is 1. The van der Waals surface area contributed by atoms with E-state index < -0.39 is 0 Å². The molecule has 0 bridgehead atoms. The minimum atomic E-state index is -0.102. The molecule has 0 spiro atoms. The zero-order chi connectivity index (χ0) is 14.1. The molecule has 100 valence electrons. The molecular weight excluding hydrogens is 322 g/mol. The Kier molecular flexibility index (Phi) is 3.23. The summed E-state index contributed by atoms with van der Waals surface area (Å²) >= 11 is 3.26. The van der Waals surface area contributed by atoms with Crippen LogP contribution in [-0.4, -0.2) is 14.4 Å². The van der Waals surface area contributed by atoms with E-state index in [1.165, 1.54) is 4.40 Å². The first-order chi connectivity index (χ1) is 9.63. The zero-order valence-electron chi connectivity index (χ0n) is 10.6. The van der Waals surface area contributed by atoms with Gasteiger partial charge in [-0.1, -0.05) is 0 Å². The lowest BCUT2D eigenvalue weighted by molar-refractivity contribution is 0.476. The Bertz CT molecular complexity index is 828. The van der Waals surface area contributed by atoms with Gasteiger partial charge in [0.1, 0.15) is 21.7 Å². The number of pyridine rings is 2. The van der Waals surface area contributed by atoms with Gasteiger partial charge in [0.15, 0.2) is 0 Å². The van der Waals surface area contributed by atoms with Crippen LogP contribution in [0.4, 0.5) is 0 Å². The Balaban J connectivity index is 2.02. The molecule has 6 heteroatoms. The summed E-state index contributed by atoms with van der Waals surface area (Å²) in [5.74, 6) is 1.15. The van der Waals surface area contributed by atoms with Crippen molar-refractivity contribution in [3.63, 3.8) is 0 Å². The van der Waals surface area contributed by atoms with E-state index in [-0.39, 0.29) is 5.56 Å². The topological polar surface area (TPSA) is 56.5 Å². The van der Waals surface area contributed by atoms with Crippen LogP contribution < -0.4 is 10.3 Å². The van der Waals surface area contributed by atoms with Crippen molar-refractivity contribution < 1.29 is 4.74 Å². The predicted molar refractivity (Wildman–Crippen MR) is 78.2 cm³/mol. The van der Waals surface area contributed by atoms with E-state index in [1.807, 2.05) is 0 Å². The van der Waals surface area contributed by atoms with Crippen LogP contribution in [0.3, 0.4) is 0 Å². The molecule has 0 atom stereocenters. The van der Waals surface area contributed by atoms with E-state index in [2.05, 4.69) is 25.9 Å². The summed E-state index contributed by atoms with van der Waals surface area (Å²) in [6.45, 7) is 1.73. The molecule has 0 saturated heterocycles. The Hall–Kier alpha value is -2.21. The van der Waals surface area contributed by atoms with E-state index in [0.29, 0.717) is 22.7 Å². The number of fused-ring (bicyclic) bond motifs is 1. The highest BCUT2D eigenvalue weighted by atomic mass is 79.9. The van der Waals surface area contributed by atoms with Crippen molar-refractivity contribution in [3.8, 4) is 11.5 Å². The maximum atomic E-state index is 12.0. The fourth-order valence-electron chi connectivity index (χ4n) is 1.77. The molecule has 3 rings (SSSR count). The normalized spacial score (nSPS) is 10.7. The first-order valence-electron chi connectivity index (χ1n) is 5.91. The fourth-order valence-corrected chi connectivity index (χ4v) is 2.00. The van der Waals surface area contributed by atoms with Gasteiger partial charge in [-0.05, 0) is 47.1 Å². The van der Waals surface area contributed by atoms with Gasteiger partial charge in [0.05, 0.1) is 12.4 Å². The molecule has 3 aromatic heterocycles. The first kappa shape index (κ1) is 12.8. The molecule has 0 aliphatic rings. The molecule has 0 amide bonds. The summed E-state index contributed by atoms with van der Waals surface area (Å²) in [6, 6.07) is 7.08. The number of rotatable bonds is 2. The van der Waals surface area contributed by atoms with Gasteiger partial charge in [0.25, 0.3) is 5.56 Å². The van der Waals surface area contributed by atoms with Gasteiger partial charge >= 0.3 is 0 Å². The largest absolute Gasteiger partial charge is 0.454 e. The average molecular weight is 332 g/mol. The van der Waals surface area contributed by atoms with Gasteiger partial charge in [0.2, 0.25) is 0 Å². The smallest absolute Gasteiger partial charge is 0.260 e. The average Bonchev–Trinajstić information content (AvgIpc) is 2.46. The number of aryl methyl sites for hydroxylation is 1. The van der Waals surface area contributed by atoms with Crippen LogP contribution in [0.5, 0.6) is 11.5 Å². The molecule has 0 unspecified atom stereocenters. The second-order valence-electron chi connectivity index (χ2n) is 4.26. The van der Waals surface area contributed by atoms with Crippen LogP contribution in [0.2, 0.25) is 0 Å². The van der Waals surface area contributed by atoms with Crippen LogP contribution in [0.25, 0.3) is 5.65 Å². The second-order valence-corrected chi connectivity index (χ2v) is 5.07. The molecule has 0 N–H and O–H groups in total. The van der Waals surface area contributed by atoms with Crippen molar-refractivity contribution in [1.29, 1.82) is 0 Å². The summed E-state index contributed by atoms with van der Waals surface area (Å²) < 4.78 is 7.87. The SMILES string of the molecule is Cc1cnc2ccc(Oc3ccc(Br)nc3)cn2c1=O. The molecule has 0 fully saturated rings. The van der Waals surface area contributed by atoms with E-state index in [9.17, 15) is 4.79 Å². The van der Waals surface area contributed by atoms with Crippen molar-refractivity contribution >= 4 is 21.6 Å². The molecule has 0 radical (unpaired) electrons. The van der Waals surface area contributed by atoms with Gasteiger partial charge in [-0.25, -0.2) is 9.97 Å². The van der Waals surface area contributed by atoms with Crippen molar-refractivity contribution in [3.05, 3.63) is 63.4 Å². The number of hydrogen-bond donors (Lipinski definition) is 0. The summed E-state index contributed by atoms with van der Waals surface area (Å²) in [5.41, 5.74) is 1.07. The van der Waals surface area contributed by atoms with Crippen LogP contribution in [-0.2, 0) is 0 Å². The standard InChI is InChI=1S/C14H10BrN3O2/c1-9-6-17-13-5-3-11(8-18(13)14(9)19)20-10-2-4-12(15)16-7-10/h2-8H,1H3. The minimum absolute atomic E-state index is 0.102. The molecule has 3 aromatic rings. The zero-order valence-corrected chi connectivity index (χ0v) is 12.2. The van der Waals surface area contributed by atoms with E-state index in [4.69, 9.17) is 4.74 Å². The van der Waals surface area contributed by atoms with Crippen molar-refractivity contribution in [2.75, 3.05) is 0 Å². The molecular formula is C14H10BrN3O2. The van der Waals surface area contributed by atoms with E-state index in [1.54, 1.807) is 49.8 Å². The molecule has 0 saturated carbocycles. The molecule has 3 heterocycles. The Labute approximate surface area is 123 Å². The lowest BCUT2D eigenvalue weighted by atomic mass is 10.3. The van der Waals surface area contributed by atoms with Crippen molar-refractivity contribution in [1.82, 2.24) is 14.4 Å². The molecule has 5 nitrogen and oxygen atoms in total. The highest BCUT2D eigenvalue weighted by Crippen LogP contribution is 2.21. The maximum absolute atomic E-state index is 12.0. The number of nitrogens with zero attached hydrogens (tertiary/aromatic N) is 3. The van der Waals surface area contributed by atoms with Gasteiger partial charge < -0.3 is 4.74 Å². The molecule has 0 aliphatic carbocycles. The molecule has 20 heavy (non-hydrogen) atoms. The number of halogens is 1. The fraction of sp³-hybridized carbons (Fsp3) is 0.0714. The van der Waals surface area contributed by atoms with Crippen molar-refractivity contribution in [2.24, 2.45) is 0 Å². The second kappa shape index (κ2) is 5.05. The van der Waals surface area contributed by atoms with Gasteiger partial charge in [-0.3, -0.25) is 9.20 Å². The Morgan fingerprint density at radius 3 is 2.65 bits per heavy atom. The van der Waals surface area contributed by atoms with E-state index >= 15 is 0 Å². The highest BCUT2D eigenvalue weighted by molar-refractivity contribution is 9.10. The van der Waals surface area contributed by atoms with Gasteiger partial charge in [-0.15, -0.1) is 0 Å². The third kappa shape index (κ3) is 2.42. The quantitative estimate of drug-likeness (QED) is 0.677. The van der Waals surface area contributed by atoms with Gasteiger partial charge in [0, 0.05) is 11.8 Å². The molecule has 0 aromatic carbocycles. The predicted octanol–water partition coefficient (Wildman–Crippen LogP) is 2.95. The summed E-state index contributed by atoms with van der Waals surface area (Å²) in [4.78, 5) is 20.3. The van der Waals surface area contributed by atoms with Crippen LogP contribution in [0.1, 0.15) is 5.56 Å². The summed E-state index contributed by atoms with van der Waals surface area (Å²) in [7, 11) is 0. The minimum Gasteiger partial charge on any atom is -0.454 e. The number of hydrogen-bond acceptors (Lipinski definition) is 4. The van der Waals surface area contributed by atoms with Crippen LogP contribution in [0.15, 0.2) is 52.3 Å². The summed E-state index contributed by atoms with van der Waals surface area (Å²) in [5, 5.41) is 0. The third-order valence-corrected chi connectivity index (χ3v) is 3.25. The lowest BCUT2D eigenvalue weighted by Crippen LogP contribution is -2.16. The maximum Gasteiger partial charge on any atom is 0.260 e. The third-order valence-electron chi connectivity index (χ3n) is 2.78. The van der Waals surface area contributed by atoms with Crippen LogP contribution >= 0.6 is 15.9 Å². The van der Waals surface area contributed by atoms with E-state index in [0.717, 1.165) is 4.60 Å². The first-order valence-corrected chi connectivity index (χ1v) is 6.70. The van der Waals surface area contributed by atoms with Gasteiger partial charge in [-0.2, -0.15) is 0 Å². The van der Waals surface area contributed by atoms with Crippen molar-refractivity contribution in [2.45, 2.75) is 6.92 Å². The highest BCUT2D eigenvalue weighted by Gasteiger charge is 2.04. The monoisotopic (exact) mass is 331 g/mol. The Morgan fingerprint density at radius 2 is 1.90 bits per heavy atom. The lowest BCUT2D eigenvalue weighted by Gasteiger charge is -2.07.